The third-order valence-electron chi connectivity index (χ3n) is 4.89. The summed E-state index contributed by atoms with van der Waals surface area (Å²) in [5.41, 5.74) is 1.25. The summed E-state index contributed by atoms with van der Waals surface area (Å²) in [5, 5.41) is 6.78. The van der Waals surface area contributed by atoms with Crippen LogP contribution in [0, 0.1) is 0 Å². The van der Waals surface area contributed by atoms with E-state index < -0.39 is 0 Å². The highest BCUT2D eigenvalue weighted by Gasteiger charge is 2.25. The van der Waals surface area contributed by atoms with E-state index in [4.69, 9.17) is 9.73 Å². The Morgan fingerprint density at radius 1 is 1.24 bits per heavy atom. The fourth-order valence-corrected chi connectivity index (χ4v) is 3.23. The van der Waals surface area contributed by atoms with Crippen molar-refractivity contribution in [3.8, 4) is 5.75 Å². The molecule has 1 unspecified atom stereocenters. The number of unbranched alkanes of at least 4 members (excludes halogenated alkanes) is 1. The van der Waals surface area contributed by atoms with Crippen LogP contribution in [0.3, 0.4) is 0 Å². The normalized spacial score (nSPS) is 16.3. The molecule has 164 valence electrons. The summed E-state index contributed by atoms with van der Waals surface area (Å²) in [7, 11) is 0. The Labute approximate surface area is 192 Å². The third kappa shape index (κ3) is 9.23. The molecule has 1 fully saturated rings. The number of halogens is 1. The van der Waals surface area contributed by atoms with E-state index in [1.807, 2.05) is 24.0 Å². The van der Waals surface area contributed by atoms with Gasteiger partial charge < -0.3 is 20.3 Å². The number of carbonyl (C=O) groups excluding carboxylic acids is 1. The Hall–Kier alpha value is -1.51. The molecule has 0 radical (unpaired) electrons. The van der Waals surface area contributed by atoms with E-state index >= 15 is 0 Å². The Bertz CT molecular complexity index is 622. The smallest absolute Gasteiger partial charge is 0.222 e. The van der Waals surface area contributed by atoms with Crippen molar-refractivity contribution in [1.29, 1.82) is 0 Å². The maximum absolute atomic E-state index is 11.8. The van der Waals surface area contributed by atoms with Crippen molar-refractivity contribution in [2.75, 3.05) is 32.8 Å². The number of carbonyl (C=O) groups is 1. The highest BCUT2D eigenvalue weighted by atomic mass is 127. The molecule has 1 aliphatic heterocycles. The molecule has 6 nitrogen and oxygen atoms in total. The Kier molecular flexibility index (Phi) is 12.7. The van der Waals surface area contributed by atoms with Gasteiger partial charge in [-0.3, -0.25) is 9.79 Å². The van der Waals surface area contributed by atoms with Gasteiger partial charge in [-0.1, -0.05) is 32.4 Å². The summed E-state index contributed by atoms with van der Waals surface area (Å²) in [6, 6.07) is 8.57. The maximum Gasteiger partial charge on any atom is 0.222 e. The second-order valence-electron chi connectivity index (χ2n) is 7.18. The second-order valence-corrected chi connectivity index (χ2v) is 7.18. The molecular weight excluding hydrogens is 479 g/mol. The van der Waals surface area contributed by atoms with Gasteiger partial charge in [0, 0.05) is 38.6 Å². The first-order valence-electron chi connectivity index (χ1n) is 10.7. The number of rotatable bonds is 10. The number of ether oxygens (including phenoxy) is 1. The van der Waals surface area contributed by atoms with E-state index in [2.05, 4.69) is 36.6 Å². The van der Waals surface area contributed by atoms with Crippen molar-refractivity contribution >= 4 is 35.8 Å². The quantitative estimate of drug-likeness (QED) is 0.216. The predicted octanol–water partition coefficient (Wildman–Crippen LogP) is 3.59. The monoisotopic (exact) mass is 516 g/mol. The van der Waals surface area contributed by atoms with E-state index in [1.54, 1.807) is 0 Å². The molecule has 1 amide bonds. The molecule has 1 heterocycles. The zero-order valence-electron chi connectivity index (χ0n) is 18.1. The Balaban J connectivity index is 0.00000420. The molecule has 0 bridgehead atoms. The van der Waals surface area contributed by atoms with Crippen LogP contribution in [0.5, 0.6) is 5.75 Å². The molecule has 0 saturated carbocycles. The number of nitrogens with one attached hydrogen (secondary N) is 2. The maximum atomic E-state index is 11.8. The standard InChI is InChI=1S/C22H36N4O2.HI/c1-4-7-16-28-20-10-8-18(9-11-20)12-14-24-22(23-6-3)25-19-13-15-26(17-19)21(27)5-2;/h8-11,19H,4-7,12-17H2,1-3H3,(H2,23,24,25);1H. The molecular formula is C22H37IN4O2. The van der Waals surface area contributed by atoms with Crippen LogP contribution in [0.2, 0.25) is 0 Å². The average molecular weight is 516 g/mol. The van der Waals surface area contributed by atoms with Crippen molar-refractivity contribution < 1.29 is 9.53 Å². The summed E-state index contributed by atoms with van der Waals surface area (Å²) in [5.74, 6) is 1.99. The minimum atomic E-state index is 0. The van der Waals surface area contributed by atoms with Crippen LogP contribution in [0.1, 0.15) is 52.0 Å². The number of amides is 1. The van der Waals surface area contributed by atoms with Crippen molar-refractivity contribution in [3.63, 3.8) is 0 Å². The lowest BCUT2D eigenvalue weighted by molar-refractivity contribution is -0.129. The lowest BCUT2D eigenvalue weighted by atomic mass is 10.1. The molecule has 1 atom stereocenters. The van der Waals surface area contributed by atoms with E-state index in [9.17, 15) is 4.79 Å². The van der Waals surface area contributed by atoms with Crippen LogP contribution in [0.15, 0.2) is 29.3 Å². The number of benzene rings is 1. The summed E-state index contributed by atoms with van der Waals surface area (Å²) >= 11 is 0. The van der Waals surface area contributed by atoms with Gasteiger partial charge in [0.15, 0.2) is 5.96 Å². The van der Waals surface area contributed by atoms with Gasteiger partial charge in [-0.15, -0.1) is 24.0 Å². The van der Waals surface area contributed by atoms with Crippen LogP contribution < -0.4 is 15.4 Å². The van der Waals surface area contributed by atoms with Crippen LogP contribution in [0.25, 0.3) is 0 Å². The lowest BCUT2D eigenvalue weighted by Crippen LogP contribution is -2.45. The van der Waals surface area contributed by atoms with Gasteiger partial charge in [-0.25, -0.2) is 0 Å². The van der Waals surface area contributed by atoms with Crippen molar-refractivity contribution in [1.82, 2.24) is 15.5 Å². The topological polar surface area (TPSA) is 66.0 Å². The summed E-state index contributed by atoms with van der Waals surface area (Å²) in [6.07, 6.45) is 4.66. The van der Waals surface area contributed by atoms with Gasteiger partial charge in [-0.2, -0.15) is 0 Å². The van der Waals surface area contributed by atoms with Crippen LogP contribution in [-0.4, -0.2) is 55.6 Å². The first-order chi connectivity index (χ1) is 13.7. The molecule has 1 aromatic carbocycles. The zero-order chi connectivity index (χ0) is 20.2. The number of nitrogens with zero attached hydrogens (tertiary/aromatic N) is 2. The lowest BCUT2D eigenvalue weighted by Gasteiger charge is -2.18. The third-order valence-corrected chi connectivity index (χ3v) is 4.89. The molecule has 0 spiro atoms. The Morgan fingerprint density at radius 3 is 2.66 bits per heavy atom. The van der Waals surface area contributed by atoms with E-state index in [1.165, 1.54) is 5.56 Å². The summed E-state index contributed by atoms with van der Waals surface area (Å²) < 4.78 is 5.71. The molecule has 1 aromatic rings. The van der Waals surface area contributed by atoms with Crippen molar-refractivity contribution in [2.24, 2.45) is 4.99 Å². The first-order valence-corrected chi connectivity index (χ1v) is 10.7. The minimum Gasteiger partial charge on any atom is -0.494 e. The second kappa shape index (κ2) is 14.5. The number of hydrogen-bond acceptors (Lipinski definition) is 3. The van der Waals surface area contributed by atoms with Gasteiger partial charge in [0.05, 0.1) is 6.61 Å². The zero-order valence-corrected chi connectivity index (χ0v) is 20.4. The largest absolute Gasteiger partial charge is 0.494 e. The van der Waals surface area contributed by atoms with Crippen molar-refractivity contribution in [3.05, 3.63) is 29.8 Å². The highest BCUT2D eigenvalue weighted by Crippen LogP contribution is 2.13. The minimum absolute atomic E-state index is 0. The molecule has 0 aliphatic carbocycles. The van der Waals surface area contributed by atoms with Gasteiger partial charge >= 0.3 is 0 Å². The van der Waals surface area contributed by atoms with Crippen LogP contribution >= 0.6 is 24.0 Å². The predicted molar refractivity (Wildman–Crippen MR) is 130 cm³/mol. The molecule has 29 heavy (non-hydrogen) atoms. The Morgan fingerprint density at radius 2 is 2.00 bits per heavy atom. The van der Waals surface area contributed by atoms with Gasteiger partial charge in [-0.05, 0) is 43.9 Å². The first kappa shape index (κ1) is 25.5. The summed E-state index contributed by atoms with van der Waals surface area (Å²) in [4.78, 5) is 18.5. The van der Waals surface area contributed by atoms with Gasteiger partial charge in [0.1, 0.15) is 5.75 Å². The van der Waals surface area contributed by atoms with Crippen LogP contribution in [-0.2, 0) is 11.2 Å². The van der Waals surface area contributed by atoms with E-state index in [0.29, 0.717) is 6.42 Å². The fourth-order valence-electron chi connectivity index (χ4n) is 3.23. The van der Waals surface area contributed by atoms with E-state index in [0.717, 1.165) is 70.2 Å². The molecule has 2 rings (SSSR count). The SMILES string of the molecule is CCCCOc1ccc(CCN=C(NCC)NC2CCN(C(=O)CC)C2)cc1.I. The molecule has 1 saturated heterocycles. The average Bonchev–Trinajstić information content (AvgIpc) is 3.17. The fraction of sp³-hybridized carbons (Fsp3) is 0.636. The number of hydrogen-bond donors (Lipinski definition) is 2. The highest BCUT2D eigenvalue weighted by molar-refractivity contribution is 14.0. The van der Waals surface area contributed by atoms with Gasteiger partial charge in [0.25, 0.3) is 0 Å². The number of likely N-dealkylation sites (tertiary alicyclic amines) is 1. The molecule has 1 aliphatic rings. The molecule has 0 aromatic heterocycles. The molecule has 7 heteroatoms. The van der Waals surface area contributed by atoms with Gasteiger partial charge in [0.2, 0.25) is 5.91 Å². The van der Waals surface area contributed by atoms with Crippen molar-refractivity contribution in [2.45, 2.75) is 58.9 Å². The molecule has 2 N–H and O–H groups in total. The van der Waals surface area contributed by atoms with E-state index in [-0.39, 0.29) is 35.9 Å². The number of aliphatic imine (C=N–C) groups is 1. The number of guanidine groups is 1. The summed E-state index contributed by atoms with van der Waals surface area (Å²) in [6.45, 7) is 10.0. The van der Waals surface area contributed by atoms with Crippen LogP contribution in [0.4, 0.5) is 0 Å².